The van der Waals surface area contributed by atoms with Crippen LogP contribution in [0.5, 0.6) is 0 Å². The van der Waals surface area contributed by atoms with Crippen LogP contribution in [-0.4, -0.2) is 24.1 Å². The fourth-order valence-corrected chi connectivity index (χ4v) is 4.24. The van der Waals surface area contributed by atoms with Crippen LogP contribution in [0.3, 0.4) is 0 Å². The first-order chi connectivity index (χ1) is 14.2. The van der Waals surface area contributed by atoms with Gasteiger partial charge in [0.1, 0.15) is 12.0 Å². The molecule has 2 aromatic carbocycles. The van der Waals surface area contributed by atoms with Crippen molar-refractivity contribution in [2.24, 2.45) is 7.05 Å². The van der Waals surface area contributed by atoms with Gasteiger partial charge in [-0.1, -0.05) is 24.3 Å². The molecule has 0 bridgehead atoms. The van der Waals surface area contributed by atoms with Crippen LogP contribution in [0.15, 0.2) is 55.0 Å². The van der Waals surface area contributed by atoms with Gasteiger partial charge in [0.2, 0.25) is 5.95 Å². The lowest BCUT2D eigenvalue weighted by Gasteiger charge is -2.10. The fourth-order valence-electron chi connectivity index (χ4n) is 4.24. The summed E-state index contributed by atoms with van der Waals surface area (Å²) < 4.78 is 4.02. The van der Waals surface area contributed by atoms with Gasteiger partial charge in [-0.25, -0.2) is 9.97 Å². The maximum absolute atomic E-state index is 5.01. The molecular weight excluding hydrogens is 360 g/mol. The molecule has 6 nitrogen and oxygen atoms in total. The largest absolute Gasteiger partial charge is 0.335 e. The molecule has 6 heteroatoms. The third-order valence-electron chi connectivity index (χ3n) is 5.82. The highest BCUT2D eigenvalue weighted by atomic mass is 15.2. The van der Waals surface area contributed by atoms with Crippen molar-refractivity contribution in [3.8, 4) is 17.2 Å². The number of nitrogens with zero attached hydrogens (tertiary/aromatic N) is 5. The number of rotatable bonds is 2. The minimum Gasteiger partial charge on any atom is -0.335 e. The Balaban J connectivity index is 1.63. The quantitative estimate of drug-likeness (QED) is 0.505. The van der Waals surface area contributed by atoms with Gasteiger partial charge in [0.25, 0.3) is 0 Å². The molecule has 0 aliphatic carbocycles. The van der Waals surface area contributed by atoms with Crippen molar-refractivity contribution in [3.05, 3.63) is 71.7 Å². The van der Waals surface area contributed by atoms with E-state index in [1.807, 2.05) is 34.8 Å². The summed E-state index contributed by atoms with van der Waals surface area (Å²) in [5.74, 6) is 0.640. The van der Waals surface area contributed by atoms with Crippen molar-refractivity contribution in [1.29, 1.82) is 0 Å². The van der Waals surface area contributed by atoms with E-state index in [4.69, 9.17) is 9.97 Å². The van der Waals surface area contributed by atoms with Crippen LogP contribution >= 0.6 is 0 Å². The lowest BCUT2D eigenvalue weighted by molar-refractivity contribution is 0.765. The molecule has 0 unspecified atom stereocenters. The molecule has 29 heavy (non-hydrogen) atoms. The average Bonchev–Trinajstić information content (AvgIpc) is 3.46. The van der Waals surface area contributed by atoms with Crippen molar-refractivity contribution in [3.63, 3.8) is 0 Å². The van der Waals surface area contributed by atoms with Gasteiger partial charge in [-0.05, 0) is 41.8 Å². The van der Waals surface area contributed by atoms with Gasteiger partial charge in [0.05, 0.1) is 16.7 Å². The highest BCUT2D eigenvalue weighted by molar-refractivity contribution is 5.92. The Hall–Kier alpha value is -3.51. The van der Waals surface area contributed by atoms with Gasteiger partial charge >= 0.3 is 0 Å². The van der Waals surface area contributed by atoms with Crippen LogP contribution in [-0.2, 0) is 20.1 Å². The monoisotopic (exact) mass is 380 g/mol. The maximum atomic E-state index is 5.01. The lowest BCUT2D eigenvalue weighted by atomic mass is 10.0. The van der Waals surface area contributed by atoms with E-state index in [0.29, 0.717) is 5.95 Å². The Morgan fingerprint density at radius 1 is 1.00 bits per heavy atom. The van der Waals surface area contributed by atoms with Crippen LogP contribution in [0.1, 0.15) is 16.7 Å². The summed E-state index contributed by atoms with van der Waals surface area (Å²) in [5, 5.41) is 4.48. The van der Waals surface area contributed by atoms with Crippen molar-refractivity contribution in [2.75, 3.05) is 0 Å². The molecule has 1 aliphatic rings. The Morgan fingerprint density at radius 2 is 1.90 bits per heavy atom. The first-order valence-corrected chi connectivity index (χ1v) is 9.78. The number of fused-ring (bicyclic) bond motifs is 3. The van der Waals surface area contributed by atoms with Gasteiger partial charge < -0.3 is 9.88 Å². The standard InChI is InChI=1S/C23H20N6/c1-14-4-3-5-19-20(14)25-13-29(19)23-26-21(18-8-9-28(2)22(18)27-23)15-6-7-16-11-24-12-17(16)10-15/h3-10,13,24H,11-12H2,1-2H3. The summed E-state index contributed by atoms with van der Waals surface area (Å²) in [5.41, 5.74) is 8.84. The first-order valence-electron chi connectivity index (χ1n) is 9.78. The number of nitrogens with one attached hydrogen (secondary N) is 1. The molecule has 0 atom stereocenters. The molecule has 0 fully saturated rings. The lowest BCUT2D eigenvalue weighted by Crippen LogP contribution is -2.03. The van der Waals surface area contributed by atoms with Gasteiger partial charge in [-0.2, -0.15) is 4.98 Å². The van der Waals surface area contributed by atoms with Crippen molar-refractivity contribution in [1.82, 2.24) is 29.4 Å². The smallest absolute Gasteiger partial charge is 0.238 e. The van der Waals surface area contributed by atoms with Crippen molar-refractivity contribution < 1.29 is 0 Å². The number of benzene rings is 2. The van der Waals surface area contributed by atoms with E-state index in [-0.39, 0.29) is 0 Å². The van der Waals surface area contributed by atoms with Crippen LogP contribution in [0.4, 0.5) is 0 Å². The zero-order valence-corrected chi connectivity index (χ0v) is 16.3. The van der Waals surface area contributed by atoms with E-state index in [2.05, 4.69) is 53.6 Å². The molecule has 0 saturated carbocycles. The third-order valence-corrected chi connectivity index (χ3v) is 5.82. The van der Waals surface area contributed by atoms with Gasteiger partial charge in [0, 0.05) is 37.3 Å². The van der Waals surface area contributed by atoms with Crippen LogP contribution in [0, 0.1) is 6.92 Å². The Bertz CT molecular complexity index is 1410. The third kappa shape index (κ3) is 2.42. The molecule has 1 N–H and O–H groups in total. The molecule has 4 heterocycles. The summed E-state index contributed by atoms with van der Waals surface area (Å²) >= 11 is 0. The van der Waals surface area contributed by atoms with Crippen molar-refractivity contribution in [2.45, 2.75) is 20.0 Å². The second-order valence-corrected chi connectivity index (χ2v) is 7.68. The molecule has 0 saturated heterocycles. The fraction of sp³-hybridized carbons (Fsp3) is 0.174. The SMILES string of the molecule is Cc1cccc2c1ncn2-c1nc(-c2ccc3c(c2)CNC3)c2ccn(C)c2n1. The van der Waals surface area contributed by atoms with E-state index >= 15 is 0 Å². The van der Waals surface area contributed by atoms with Crippen LogP contribution in [0.2, 0.25) is 0 Å². The molecule has 0 amide bonds. The minimum absolute atomic E-state index is 0.640. The highest BCUT2D eigenvalue weighted by Crippen LogP contribution is 2.31. The number of hydrogen-bond donors (Lipinski definition) is 1. The van der Waals surface area contributed by atoms with E-state index in [0.717, 1.165) is 52.0 Å². The van der Waals surface area contributed by atoms with Crippen LogP contribution < -0.4 is 5.32 Å². The van der Waals surface area contributed by atoms with E-state index in [9.17, 15) is 0 Å². The minimum atomic E-state index is 0.640. The molecule has 142 valence electrons. The number of aryl methyl sites for hydroxylation is 2. The molecular formula is C23H20N6. The number of hydrogen-bond acceptors (Lipinski definition) is 4. The second-order valence-electron chi connectivity index (χ2n) is 7.68. The maximum Gasteiger partial charge on any atom is 0.238 e. The molecule has 6 rings (SSSR count). The number of imidazole rings is 1. The molecule has 5 aromatic rings. The summed E-state index contributed by atoms with van der Waals surface area (Å²) in [4.78, 5) is 14.5. The summed E-state index contributed by atoms with van der Waals surface area (Å²) in [6.45, 7) is 3.92. The van der Waals surface area contributed by atoms with E-state index in [1.54, 1.807) is 0 Å². The highest BCUT2D eigenvalue weighted by Gasteiger charge is 2.17. The predicted octanol–water partition coefficient (Wildman–Crippen LogP) is 3.89. The Labute approximate surface area is 167 Å². The van der Waals surface area contributed by atoms with E-state index in [1.165, 1.54) is 11.1 Å². The summed E-state index contributed by atoms with van der Waals surface area (Å²) in [6, 6.07) is 14.9. The molecule has 3 aromatic heterocycles. The second kappa shape index (κ2) is 5.99. The van der Waals surface area contributed by atoms with Crippen LogP contribution in [0.25, 0.3) is 39.3 Å². The van der Waals surface area contributed by atoms with Gasteiger partial charge in [-0.3, -0.25) is 4.57 Å². The normalized spacial score (nSPS) is 13.4. The molecule has 0 radical (unpaired) electrons. The number of aromatic nitrogens is 5. The Kier molecular flexibility index (Phi) is 3.40. The summed E-state index contributed by atoms with van der Waals surface area (Å²) in [7, 11) is 2.02. The van der Waals surface area contributed by atoms with Gasteiger partial charge in [0.15, 0.2) is 0 Å². The van der Waals surface area contributed by atoms with E-state index < -0.39 is 0 Å². The van der Waals surface area contributed by atoms with Crippen molar-refractivity contribution >= 4 is 22.1 Å². The summed E-state index contributed by atoms with van der Waals surface area (Å²) in [6.07, 6.45) is 3.86. The predicted molar refractivity (Wildman–Crippen MR) is 114 cm³/mol. The molecule has 0 spiro atoms. The zero-order valence-electron chi connectivity index (χ0n) is 16.3. The van der Waals surface area contributed by atoms with Gasteiger partial charge in [-0.15, -0.1) is 0 Å². The topological polar surface area (TPSA) is 60.6 Å². The Morgan fingerprint density at radius 3 is 2.83 bits per heavy atom. The number of para-hydroxylation sites is 1. The molecule has 1 aliphatic heterocycles. The average molecular weight is 380 g/mol. The first kappa shape index (κ1) is 16.4. The zero-order chi connectivity index (χ0) is 19.5.